The van der Waals surface area contributed by atoms with Gasteiger partial charge in [0, 0.05) is 37.8 Å². The minimum atomic E-state index is -3.73. The van der Waals surface area contributed by atoms with Crippen molar-refractivity contribution in [1.29, 1.82) is 0 Å². The summed E-state index contributed by atoms with van der Waals surface area (Å²) in [6.07, 6.45) is 3.08. The first-order chi connectivity index (χ1) is 14.3. The molecule has 3 rings (SSSR count). The number of anilines is 1. The van der Waals surface area contributed by atoms with E-state index in [-0.39, 0.29) is 41.8 Å². The molecule has 8 heteroatoms. The number of sulfonamides is 1. The van der Waals surface area contributed by atoms with E-state index in [0.29, 0.717) is 5.69 Å². The summed E-state index contributed by atoms with van der Waals surface area (Å²) in [7, 11) is -2.01. The third-order valence-corrected chi connectivity index (χ3v) is 8.13. The molecule has 0 bridgehead atoms. The van der Waals surface area contributed by atoms with Gasteiger partial charge in [0.1, 0.15) is 0 Å². The van der Waals surface area contributed by atoms with Crippen molar-refractivity contribution in [2.75, 3.05) is 25.0 Å². The normalized spacial score (nSPS) is 21.3. The summed E-state index contributed by atoms with van der Waals surface area (Å²) in [5.74, 6) is -0.0913. The molecule has 1 heterocycles. The van der Waals surface area contributed by atoms with E-state index in [9.17, 15) is 18.0 Å². The number of carbonyl (C=O) groups excluding carboxylic acids is 2. The highest BCUT2D eigenvalue weighted by Crippen LogP contribution is 2.42. The van der Waals surface area contributed by atoms with Crippen molar-refractivity contribution >= 4 is 27.5 Å². The Bertz CT molecular complexity index is 961. The zero-order valence-corrected chi connectivity index (χ0v) is 19.8. The Morgan fingerprint density at radius 2 is 1.61 bits per heavy atom. The predicted octanol–water partition coefficient (Wildman–Crippen LogP) is 2.79. The molecule has 31 heavy (non-hydrogen) atoms. The molecule has 1 saturated heterocycles. The molecule has 1 aromatic rings. The number of hydrogen-bond acceptors (Lipinski definition) is 4. The Morgan fingerprint density at radius 3 is 2.06 bits per heavy atom. The van der Waals surface area contributed by atoms with Crippen molar-refractivity contribution in [2.45, 2.75) is 51.5 Å². The molecule has 170 valence electrons. The summed E-state index contributed by atoms with van der Waals surface area (Å²) >= 11 is 0. The highest BCUT2D eigenvalue weighted by atomic mass is 32.2. The van der Waals surface area contributed by atoms with Crippen LogP contribution in [0.25, 0.3) is 0 Å². The van der Waals surface area contributed by atoms with E-state index >= 15 is 0 Å². The van der Waals surface area contributed by atoms with Gasteiger partial charge >= 0.3 is 0 Å². The second-order valence-corrected chi connectivity index (χ2v) is 12.0. The molecule has 1 aliphatic heterocycles. The lowest BCUT2D eigenvalue weighted by Gasteiger charge is -2.52. The van der Waals surface area contributed by atoms with Crippen molar-refractivity contribution in [3.8, 4) is 0 Å². The molecular formula is C23H33N3O4S. The van der Waals surface area contributed by atoms with Gasteiger partial charge < -0.3 is 10.2 Å². The third kappa shape index (κ3) is 4.70. The van der Waals surface area contributed by atoms with Crippen LogP contribution in [0.5, 0.6) is 0 Å². The third-order valence-electron chi connectivity index (χ3n) is 6.32. The number of amides is 2. The summed E-state index contributed by atoms with van der Waals surface area (Å²) in [5, 5.41) is 2.99. The summed E-state index contributed by atoms with van der Waals surface area (Å²) in [6, 6.07) is 6.28. The summed E-state index contributed by atoms with van der Waals surface area (Å²) in [4.78, 5) is 26.0. The molecule has 0 aromatic heterocycles. The van der Waals surface area contributed by atoms with Crippen molar-refractivity contribution in [2.24, 2.45) is 16.7 Å². The molecule has 2 amide bonds. The second kappa shape index (κ2) is 8.06. The molecule has 1 N–H and O–H groups in total. The topological polar surface area (TPSA) is 86.8 Å². The van der Waals surface area contributed by atoms with Gasteiger partial charge in [-0.2, -0.15) is 4.31 Å². The average molecular weight is 448 g/mol. The number of rotatable bonds is 6. The average Bonchev–Trinajstić information content (AvgIpc) is 3.54. The summed E-state index contributed by atoms with van der Waals surface area (Å²) in [5.41, 5.74) is -0.281. The molecule has 0 atom stereocenters. The lowest BCUT2D eigenvalue weighted by molar-refractivity contribution is -0.120. The Hall–Kier alpha value is -2.19. The van der Waals surface area contributed by atoms with Crippen LogP contribution in [0.4, 0.5) is 5.69 Å². The SMILES string of the molecule is C=CC(=O)NC1C(C)(C)CN(S(=O)(=O)c2ccc(N(C)C(=O)C3CC3)cc2)CC1(C)C. The first-order valence-corrected chi connectivity index (χ1v) is 12.0. The van der Waals surface area contributed by atoms with E-state index in [2.05, 4.69) is 11.9 Å². The van der Waals surface area contributed by atoms with Crippen molar-refractivity contribution in [3.63, 3.8) is 0 Å². The number of hydrogen-bond donors (Lipinski definition) is 1. The zero-order valence-electron chi connectivity index (χ0n) is 19.0. The van der Waals surface area contributed by atoms with Crippen LogP contribution in [-0.4, -0.2) is 50.7 Å². The number of nitrogens with zero attached hydrogens (tertiary/aromatic N) is 2. The number of nitrogens with one attached hydrogen (secondary N) is 1. The van der Waals surface area contributed by atoms with E-state index < -0.39 is 20.9 Å². The second-order valence-electron chi connectivity index (χ2n) is 10.1. The number of benzene rings is 1. The lowest BCUT2D eigenvalue weighted by Crippen LogP contribution is -2.64. The van der Waals surface area contributed by atoms with Gasteiger partial charge in [-0.05, 0) is 54.0 Å². The highest BCUT2D eigenvalue weighted by molar-refractivity contribution is 7.89. The summed E-state index contributed by atoms with van der Waals surface area (Å²) < 4.78 is 28.3. The Labute approximate surface area is 185 Å². The zero-order chi connectivity index (χ0) is 23.2. The lowest BCUT2D eigenvalue weighted by atomic mass is 9.67. The van der Waals surface area contributed by atoms with Crippen molar-refractivity contribution in [1.82, 2.24) is 9.62 Å². The van der Waals surface area contributed by atoms with Crippen LogP contribution >= 0.6 is 0 Å². The Kier molecular flexibility index (Phi) is 6.10. The largest absolute Gasteiger partial charge is 0.349 e. The van der Waals surface area contributed by atoms with Crippen molar-refractivity contribution < 1.29 is 18.0 Å². The summed E-state index contributed by atoms with van der Waals surface area (Å²) in [6.45, 7) is 11.9. The fourth-order valence-corrected chi connectivity index (χ4v) is 6.47. The molecule has 0 unspecified atom stereocenters. The fraction of sp³-hybridized carbons (Fsp3) is 0.565. The van der Waals surface area contributed by atoms with E-state index in [1.807, 2.05) is 27.7 Å². The molecule has 0 radical (unpaired) electrons. The van der Waals surface area contributed by atoms with Gasteiger partial charge in [0.2, 0.25) is 21.8 Å². The van der Waals surface area contributed by atoms with E-state index in [0.717, 1.165) is 12.8 Å². The standard InChI is InChI=1S/C23H33N3O4S/c1-7-19(27)24-21-22(2,3)14-26(15-23(21,4)5)31(29,30)18-12-10-17(11-13-18)25(6)20(28)16-8-9-16/h7,10-13,16,21H,1,8-9,14-15H2,2-6H3,(H,24,27). The van der Waals surface area contributed by atoms with Crippen LogP contribution in [0.2, 0.25) is 0 Å². The van der Waals surface area contributed by atoms with Gasteiger partial charge in [-0.3, -0.25) is 9.59 Å². The molecule has 1 aliphatic carbocycles. The molecule has 0 spiro atoms. The minimum absolute atomic E-state index is 0.0720. The van der Waals surface area contributed by atoms with Crippen molar-refractivity contribution in [3.05, 3.63) is 36.9 Å². The first kappa shape index (κ1) is 23.5. The van der Waals surface area contributed by atoms with Crippen LogP contribution in [0.1, 0.15) is 40.5 Å². The Balaban J connectivity index is 1.82. The van der Waals surface area contributed by atoms with Crippen LogP contribution in [0.3, 0.4) is 0 Å². The highest BCUT2D eigenvalue weighted by Gasteiger charge is 2.50. The first-order valence-electron chi connectivity index (χ1n) is 10.6. The minimum Gasteiger partial charge on any atom is -0.349 e. The van der Waals surface area contributed by atoms with E-state index in [4.69, 9.17) is 0 Å². The molecule has 7 nitrogen and oxygen atoms in total. The van der Waals surface area contributed by atoms with Gasteiger partial charge in [-0.15, -0.1) is 0 Å². The van der Waals surface area contributed by atoms with Gasteiger partial charge in [0.25, 0.3) is 0 Å². The number of carbonyl (C=O) groups is 2. The van der Waals surface area contributed by atoms with E-state index in [1.165, 1.54) is 10.4 Å². The Morgan fingerprint density at radius 1 is 1.10 bits per heavy atom. The van der Waals surface area contributed by atoms with Crippen LogP contribution in [0.15, 0.2) is 41.8 Å². The maximum Gasteiger partial charge on any atom is 0.243 e. The molecular weight excluding hydrogens is 414 g/mol. The maximum absolute atomic E-state index is 13.4. The molecule has 1 saturated carbocycles. The maximum atomic E-state index is 13.4. The van der Waals surface area contributed by atoms with Gasteiger partial charge in [-0.25, -0.2) is 8.42 Å². The smallest absolute Gasteiger partial charge is 0.243 e. The van der Waals surface area contributed by atoms with Crippen LogP contribution < -0.4 is 10.2 Å². The van der Waals surface area contributed by atoms with E-state index in [1.54, 1.807) is 36.2 Å². The molecule has 1 aromatic carbocycles. The van der Waals surface area contributed by atoms with Crippen LogP contribution in [0, 0.1) is 16.7 Å². The van der Waals surface area contributed by atoms with Gasteiger partial charge in [-0.1, -0.05) is 34.3 Å². The number of piperidine rings is 1. The molecule has 2 fully saturated rings. The monoisotopic (exact) mass is 447 g/mol. The van der Waals surface area contributed by atoms with Crippen LogP contribution in [-0.2, 0) is 19.6 Å². The molecule has 2 aliphatic rings. The fourth-order valence-electron chi connectivity index (χ4n) is 4.69. The quantitative estimate of drug-likeness (QED) is 0.680. The predicted molar refractivity (Wildman–Crippen MR) is 121 cm³/mol. The van der Waals surface area contributed by atoms with Gasteiger partial charge in [0.05, 0.1) is 4.90 Å². The van der Waals surface area contributed by atoms with Gasteiger partial charge in [0.15, 0.2) is 0 Å².